The van der Waals surface area contributed by atoms with Gasteiger partial charge in [-0.05, 0) is 35.4 Å². The maximum absolute atomic E-state index is 12.7. The number of tetrazole rings is 1. The zero-order chi connectivity index (χ0) is 15.5. The number of rotatable bonds is 4. The first-order valence-electron chi connectivity index (χ1n) is 7.42. The van der Waals surface area contributed by atoms with E-state index in [0.717, 1.165) is 19.3 Å². The molecular formula is C15H19N5O2. The van der Waals surface area contributed by atoms with E-state index in [1.54, 1.807) is 18.0 Å². The molecule has 0 spiro atoms. The van der Waals surface area contributed by atoms with Crippen LogP contribution in [0.5, 0.6) is 0 Å². The van der Waals surface area contributed by atoms with Crippen molar-refractivity contribution >= 4 is 5.91 Å². The van der Waals surface area contributed by atoms with Crippen LogP contribution in [0.25, 0.3) is 5.69 Å². The second-order valence-electron chi connectivity index (χ2n) is 5.72. The highest BCUT2D eigenvalue weighted by molar-refractivity contribution is 5.97. The molecule has 2 atom stereocenters. The number of aromatic nitrogens is 4. The SMILES string of the molecule is CN(CC1CCCC1O)C(=O)c1ccccc1-n1cnnn1. The van der Waals surface area contributed by atoms with Gasteiger partial charge >= 0.3 is 0 Å². The third-order valence-corrected chi connectivity index (χ3v) is 4.20. The fourth-order valence-electron chi connectivity index (χ4n) is 3.00. The first-order chi connectivity index (χ1) is 10.7. The predicted octanol–water partition coefficient (Wildman–Crippen LogP) is 0.895. The molecule has 2 aromatic rings. The third kappa shape index (κ3) is 2.85. The van der Waals surface area contributed by atoms with Crippen LogP contribution in [-0.2, 0) is 0 Å². The molecule has 0 aliphatic heterocycles. The number of nitrogens with zero attached hydrogens (tertiary/aromatic N) is 5. The van der Waals surface area contributed by atoms with Gasteiger partial charge in [0.15, 0.2) is 0 Å². The molecule has 0 bridgehead atoms. The molecule has 1 heterocycles. The number of aliphatic hydroxyl groups is 1. The Balaban J connectivity index is 1.80. The summed E-state index contributed by atoms with van der Waals surface area (Å²) >= 11 is 0. The van der Waals surface area contributed by atoms with Crippen molar-refractivity contribution < 1.29 is 9.90 Å². The van der Waals surface area contributed by atoms with Gasteiger partial charge in [-0.3, -0.25) is 4.79 Å². The summed E-state index contributed by atoms with van der Waals surface area (Å²) < 4.78 is 1.48. The van der Waals surface area contributed by atoms with Gasteiger partial charge < -0.3 is 10.0 Å². The van der Waals surface area contributed by atoms with Gasteiger partial charge in [0.05, 0.1) is 17.4 Å². The van der Waals surface area contributed by atoms with Crippen molar-refractivity contribution in [2.75, 3.05) is 13.6 Å². The number of aliphatic hydroxyl groups excluding tert-OH is 1. The molecule has 1 aromatic heterocycles. The van der Waals surface area contributed by atoms with Gasteiger partial charge in [0.25, 0.3) is 5.91 Å². The van der Waals surface area contributed by atoms with E-state index in [0.29, 0.717) is 17.8 Å². The van der Waals surface area contributed by atoms with Gasteiger partial charge in [-0.15, -0.1) is 5.10 Å². The van der Waals surface area contributed by atoms with Gasteiger partial charge in [-0.1, -0.05) is 18.6 Å². The van der Waals surface area contributed by atoms with E-state index in [1.807, 2.05) is 18.2 Å². The normalized spacial score (nSPS) is 21.0. The lowest BCUT2D eigenvalue weighted by molar-refractivity contribution is 0.0693. The summed E-state index contributed by atoms with van der Waals surface area (Å²) in [6.07, 6.45) is 3.98. The minimum absolute atomic E-state index is 0.0924. The summed E-state index contributed by atoms with van der Waals surface area (Å²) in [5, 5.41) is 21.0. The molecule has 7 heteroatoms. The van der Waals surface area contributed by atoms with E-state index in [1.165, 1.54) is 11.0 Å². The van der Waals surface area contributed by atoms with Crippen molar-refractivity contribution in [3.63, 3.8) is 0 Å². The average Bonchev–Trinajstić information content (AvgIpc) is 3.19. The zero-order valence-corrected chi connectivity index (χ0v) is 12.5. The summed E-state index contributed by atoms with van der Waals surface area (Å²) in [4.78, 5) is 14.4. The number of amides is 1. The molecule has 3 rings (SSSR count). The summed E-state index contributed by atoms with van der Waals surface area (Å²) in [5.74, 6) is 0.0688. The zero-order valence-electron chi connectivity index (χ0n) is 12.5. The molecule has 1 fully saturated rings. The van der Waals surface area contributed by atoms with Gasteiger partial charge in [0.1, 0.15) is 6.33 Å². The Labute approximate surface area is 128 Å². The Kier molecular flexibility index (Phi) is 4.15. The summed E-state index contributed by atoms with van der Waals surface area (Å²) in [5.41, 5.74) is 1.20. The first-order valence-corrected chi connectivity index (χ1v) is 7.42. The van der Waals surface area contributed by atoms with E-state index in [2.05, 4.69) is 15.5 Å². The Bertz CT molecular complexity index is 643. The molecule has 1 N–H and O–H groups in total. The van der Waals surface area contributed by atoms with E-state index in [4.69, 9.17) is 0 Å². The Morgan fingerprint density at radius 3 is 2.91 bits per heavy atom. The van der Waals surface area contributed by atoms with Crippen molar-refractivity contribution in [3.05, 3.63) is 36.2 Å². The quantitative estimate of drug-likeness (QED) is 0.907. The summed E-state index contributed by atoms with van der Waals surface area (Å²) in [6.45, 7) is 0.559. The van der Waals surface area contributed by atoms with Crippen LogP contribution < -0.4 is 0 Å². The minimum Gasteiger partial charge on any atom is -0.393 e. The van der Waals surface area contributed by atoms with Crippen LogP contribution in [0.15, 0.2) is 30.6 Å². The van der Waals surface area contributed by atoms with Crippen molar-refractivity contribution in [2.24, 2.45) is 5.92 Å². The molecule has 2 unspecified atom stereocenters. The molecule has 1 amide bonds. The molecular weight excluding hydrogens is 282 g/mol. The van der Waals surface area contributed by atoms with Crippen LogP contribution in [0.4, 0.5) is 0 Å². The first kappa shape index (κ1) is 14.6. The van der Waals surface area contributed by atoms with Gasteiger partial charge in [-0.25, -0.2) is 0 Å². The molecule has 1 aromatic carbocycles. The molecule has 1 aliphatic rings. The molecule has 116 valence electrons. The smallest absolute Gasteiger partial charge is 0.255 e. The molecule has 0 radical (unpaired) electrons. The van der Waals surface area contributed by atoms with Gasteiger partial charge in [0, 0.05) is 19.5 Å². The van der Waals surface area contributed by atoms with E-state index in [-0.39, 0.29) is 17.9 Å². The summed E-state index contributed by atoms with van der Waals surface area (Å²) in [6, 6.07) is 7.23. The number of carbonyl (C=O) groups is 1. The van der Waals surface area contributed by atoms with Crippen molar-refractivity contribution in [1.29, 1.82) is 0 Å². The highest BCUT2D eigenvalue weighted by Crippen LogP contribution is 2.26. The maximum atomic E-state index is 12.7. The van der Waals surface area contributed by atoms with E-state index in [9.17, 15) is 9.90 Å². The second-order valence-corrected chi connectivity index (χ2v) is 5.72. The van der Waals surface area contributed by atoms with Crippen LogP contribution >= 0.6 is 0 Å². The Morgan fingerprint density at radius 2 is 2.23 bits per heavy atom. The fourth-order valence-corrected chi connectivity index (χ4v) is 3.00. The van der Waals surface area contributed by atoms with E-state index < -0.39 is 0 Å². The highest BCUT2D eigenvalue weighted by Gasteiger charge is 2.28. The molecule has 1 aliphatic carbocycles. The Morgan fingerprint density at radius 1 is 1.41 bits per heavy atom. The lowest BCUT2D eigenvalue weighted by Gasteiger charge is -2.24. The van der Waals surface area contributed by atoms with Crippen LogP contribution in [0, 0.1) is 5.92 Å². The minimum atomic E-state index is -0.301. The number of hydrogen-bond acceptors (Lipinski definition) is 5. The molecule has 1 saturated carbocycles. The largest absolute Gasteiger partial charge is 0.393 e. The third-order valence-electron chi connectivity index (χ3n) is 4.20. The van der Waals surface area contributed by atoms with Crippen molar-refractivity contribution in [3.8, 4) is 5.69 Å². The van der Waals surface area contributed by atoms with Gasteiger partial charge in [0.2, 0.25) is 0 Å². The van der Waals surface area contributed by atoms with Crippen LogP contribution in [0.2, 0.25) is 0 Å². The standard InChI is InChI=1S/C15H19N5O2/c1-19(9-11-5-4-8-14(11)21)15(22)12-6-2-3-7-13(12)20-10-16-17-18-20/h2-3,6-7,10-11,14,21H,4-5,8-9H2,1H3. The number of carbonyl (C=O) groups excluding carboxylic acids is 1. The van der Waals surface area contributed by atoms with Crippen LogP contribution in [-0.4, -0.2) is 55.8 Å². The monoisotopic (exact) mass is 301 g/mol. The topological polar surface area (TPSA) is 84.1 Å². The predicted molar refractivity (Wildman–Crippen MR) is 79.5 cm³/mol. The summed E-state index contributed by atoms with van der Waals surface area (Å²) in [7, 11) is 1.77. The average molecular weight is 301 g/mol. The lowest BCUT2D eigenvalue weighted by atomic mass is 10.0. The van der Waals surface area contributed by atoms with Gasteiger partial charge in [-0.2, -0.15) is 4.68 Å². The van der Waals surface area contributed by atoms with Crippen LogP contribution in [0.1, 0.15) is 29.6 Å². The van der Waals surface area contributed by atoms with Crippen molar-refractivity contribution in [1.82, 2.24) is 25.1 Å². The molecule has 0 saturated heterocycles. The number of hydrogen-bond donors (Lipinski definition) is 1. The highest BCUT2D eigenvalue weighted by atomic mass is 16.3. The number of para-hydroxylation sites is 1. The molecule has 7 nitrogen and oxygen atoms in total. The second kappa shape index (κ2) is 6.23. The lowest BCUT2D eigenvalue weighted by Crippen LogP contribution is -2.35. The van der Waals surface area contributed by atoms with Crippen molar-refractivity contribution in [2.45, 2.75) is 25.4 Å². The molecule has 22 heavy (non-hydrogen) atoms. The fraction of sp³-hybridized carbons (Fsp3) is 0.467. The maximum Gasteiger partial charge on any atom is 0.255 e. The Hall–Kier alpha value is -2.28. The number of benzene rings is 1. The van der Waals surface area contributed by atoms with Crippen LogP contribution in [0.3, 0.4) is 0 Å². The van der Waals surface area contributed by atoms with E-state index >= 15 is 0 Å².